The van der Waals surface area contributed by atoms with Gasteiger partial charge in [-0.2, -0.15) is 4.99 Å². The predicted octanol–water partition coefficient (Wildman–Crippen LogP) is 3.70. The van der Waals surface area contributed by atoms with Crippen molar-refractivity contribution in [3.63, 3.8) is 0 Å². The minimum Gasteiger partial charge on any atom is -0.493 e. The first kappa shape index (κ1) is 18.5. The third kappa shape index (κ3) is 3.48. The molecule has 0 aliphatic rings. The third-order valence-electron chi connectivity index (χ3n) is 3.74. The van der Waals surface area contributed by atoms with Gasteiger partial charge in [0.1, 0.15) is 0 Å². The van der Waals surface area contributed by atoms with Crippen LogP contribution >= 0.6 is 33.9 Å². The number of terminal acetylenes is 1. The van der Waals surface area contributed by atoms with E-state index in [-0.39, 0.29) is 5.91 Å². The first-order chi connectivity index (χ1) is 12.6. The van der Waals surface area contributed by atoms with Crippen LogP contribution in [0, 0.1) is 15.9 Å². The molecule has 5 nitrogen and oxygen atoms in total. The summed E-state index contributed by atoms with van der Waals surface area (Å²) >= 11 is 3.51. The van der Waals surface area contributed by atoms with Crippen molar-refractivity contribution in [3.8, 4) is 23.8 Å². The molecule has 3 rings (SSSR count). The Morgan fingerprint density at radius 2 is 1.96 bits per heavy atom. The summed E-state index contributed by atoms with van der Waals surface area (Å²) in [5, 5.41) is 0. The number of halogens is 1. The summed E-state index contributed by atoms with van der Waals surface area (Å²) < 4.78 is 14.3. The van der Waals surface area contributed by atoms with Gasteiger partial charge < -0.3 is 14.0 Å². The van der Waals surface area contributed by atoms with Crippen LogP contribution in [0.2, 0.25) is 0 Å². The maximum Gasteiger partial charge on any atom is 0.280 e. The van der Waals surface area contributed by atoms with Crippen molar-refractivity contribution in [2.24, 2.45) is 4.99 Å². The van der Waals surface area contributed by atoms with E-state index in [0.29, 0.717) is 28.4 Å². The molecule has 0 aliphatic heterocycles. The zero-order valence-corrected chi connectivity index (χ0v) is 17.1. The van der Waals surface area contributed by atoms with Crippen molar-refractivity contribution in [2.75, 3.05) is 14.2 Å². The van der Waals surface area contributed by atoms with Crippen LogP contribution in [-0.4, -0.2) is 24.7 Å². The largest absolute Gasteiger partial charge is 0.493 e. The fourth-order valence-electron chi connectivity index (χ4n) is 2.51. The summed E-state index contributed by atoms with van der Waals surface area (Å²) in [4.78, 5) is 17.5. The highest BCUT2D eigenvalue weighted by Gasteiger charge is 2.14. The van der Waals surface area contributed by atoms with Gasteiger partial charge in [0.15, 0.2) is 16.3 Å². The van der Waals surface area contributed by atoms with Crippen molar-refractivity contribution in [2.45, 2.75) is 6.54 Å². The number of methoxy groups -OCH3 is 2. The second kappa shape index (κ2) is 7.93. The average Bonchev–Trinajstić information content (AvgIpc) is 2.97. The van der Waals surface area contributed by atoms with Crippen molar-refractivity contribution in [1.82, 2.24) is 4.57 Å². The lowest BCUT2D eigenvalue weighted by atomic mass is 10.2. The zero-order chi connectivity index (χ0) is 18.7. The molecule has 0 fully saturated rings. The Balaban J connectivity index is 2.22. The van der Waals surface area contributed by atoms with E-state index in [4.69, 9.17) is 15.9 Å². The Kier molecular flexibility index (Phi) is 5.64. The van der Waals surface area contributed by atoms with Crippen molar-refractivity contribution in [3.05, 3.63) is 50.3 Å². The highest BCUT2D eigenvalue weighted by atomic mass is 127. The Hall–Kier alpha value is -2.31. The number of nitrogens with zero attached hydrogens (tertiary/aromatic N) is 2. The first-order valence-corrected chi connectivity index (χ1v) is 9.51. The van der Waals surface area contributed by atoms with Gasteiger partial charge >= 0.3 is 0 Å². The van der Waals surface area contributed by atoms with Gasteiger partial charge in [-0.3, -0.25) is 4.79 Å². The van der Waals surface area contributed by atoms with Gasteiger partial charge in [0.05, 0.1) is 36.5 Å². The molecule has 0 N–H and O–H groups in total. The highest BCUT2D eigenvalue weighted by molar-refractivity contribution is 14.1. The molecule has 7 heteroatoms. The molecular weight excluding hydrogens is 463 g/mol. The number of benzene rings is 2. The molecule has 1 aromatic heterocycles. The standard InChI is InChI=1S/C19H15IN2O3S/c1-4-9-22-14-10-15(24-2)16(25-3)11-17(14)26-19(22)21-18(23)12-7-5-6-8-13(12)20/h1,5-8,10-11H,9H2,2-3H3. The lowest BCUT2D eigenvalue weighted by Gasteiger charge is -2.08. The van der Waals surface area contributed by atoms with Crippen LogP contribution in [0.1, 0.15) is 10.4 Å². The molecule has 2 aromatic carbocycles. The van der Waals surface area contributed by atoms with E-state index in [1.165, 1.54) is 11.3 Å². The normalized spacial score (nSPS) is 11.4. The third-order valence-corrected chi connectivity index (χ3v) is 5.72. The molecule has 0 bridgehead atoms. The maximum atomic E-state index is 12.6. The van der Waals surface area contributed by atoms with Gasteiger partial charge in [-0.15, -0.1) is 6.42 Å². The molecule has 0 saturated heterocycles. The van der Waals surface area contributed by atoms with Crippen LogP contribution in [0.5, 0.6) is 11.5 Å². The fraction of sp³-hybridized carbons (Fsp3) is 0.158. The first-order valence-electron chi connectivity index (χ1n) is 7.61. The summed E-state index contributed by atoms with van der Waals surface area (Å²) in [5.74, 6) is 3.53. The Morgan fingerprint density at radius 3 is 2.62 bits per heavy atom. The minimum absolute atomic E-state index is 0.299. The molecular formula is C19H15IN2O3S. The monoisotopic (exact) mass is 478 g/mol. The molecule has 26 heavy (non-hydrogen) atoms. The van der Waals surface area contributed by atoms with Crippen molar-refractivity contribution in [1.29, 1.82) is 0 Å². The maximum absolute atomic E-state index is 12.6. The fourth-order valence-corrected chi connectivity index (χ4v) is 4.16. The SMILES string of the molecule is C#CCn1c(=NC(=O)c2ccccc2I)sc2cc(OC)c(OC)cc21. The van der Waals surface area contributed by atoms with Crippen molar-refractivity contribution >= 4 is 50.1 Å². The molecule has 0 radical (unpaired) electrons. The number of aromatic nitrogens is 1. The van der Waals surface area contributed by atoms with Crippen LogP contribution in [-0.2, 0) is 6.54 Å². The van der Waals surface area contributed by atoms with Gasteiger partial charge in [0, 0.05) is 15.7 Å². The van der Waals surface area contributed by atoms with Crippen LogP contribution in [0.3, 0.4) is 0 Å². The van der Waals surface area contributed by atoms with E-state index in [1.807, 2.05) is 34.9 Å². The quantitative estimate of drug-likeness (QED) is 0.425. The van der Waals surface area contributed by atoms with E-state index in [2.05, 4.69) is 33.5 Å². The van der Waals surface area contributed by atoms with E-state index < -0.39 is 0 Å². The Bertz CT molecular complexity index is 1090. The van der Waals surface area contributed by atoms with Crippen LogP contribution < -0.4 is 14.3 Å². The van der Waals surface area contributed by atoms with Gasteiger partial charge in [0.25, 0.3) is 5.91 Å². The van der Waals surface area contributed by atoms with Crippen LogP contribution in [0.15, 0.2) is 41.4 Å². The van der Waals surface area contributed by atoms with E-state index in [9.17, 15) is 4.79 Å². The molecule has 0 atom stereocenters. The molecule has 132 valence electrons. The molecule has 3 aromatic rings. The van der Waals surface area contributed by atoms with Gasteiger partial charge in [-0.25, -0.2) is 0 Å². The summed E-state index contributed by atoms with van der Waals surface area (Å²) in [6.45, 7) is 0.299. The topological polar surface area (TPSA) is 52.8 Å². The smallest absolute Gasteiger partial charge is 0.280 e. The number of fused-ring (bicyclic) bond motifs is 1. The number of amides is 1. The van der Waals surface area contributed by atoms with Crippen LogP contribution in [0.4, 0.5) is 0 Å². The summed E-state index contributed by atoms with van der Waals surface area (Å²) in [6, 6.07) is 11.0. The van der Waals surface area contributed by atoms with Gasteiger partial charge in [-0.1, -0.05) is 29.4 Å². The molecule has 1 amide bonds. The number of rotatable bonds is 4. The Morgan fingerprint density at radius 1 is 1.27 bits per heavy atom. The summed E-state index contributed by atoms with van der Waals surface area (Å²) in [6.07, 6.45) is 5.52. The second-order valence-electron chi connectivity index (χ2n) is 5.25. The lowest BCUT2D eigenvalue weighted by molar-refractivity contribution is 0.0997. The van der Waals surface area contributed by atoms with Crippen molar-refractivity contribution < 1.29 is 14.3 Å². The minimum atomic E-state index is -0.300. The summed E-state index contributed by atoms with van der Waals surface area (Å²) in [7, 11) is 3.16. The number of thiazole rings is 1. The number of carbonyl (C=O) groups excluding carboxylic acids is 1. The molecule has 0 unspecified atom stereocenters. The molecule has 0 saturated carbocycles. The Labute approximate surface area is 168 Å². The van der Waals surface area contributed by atoms with Gasteiger partial charge in [0.2, 0.25) is 0 Å². The predicted molar refractivity (Wildman–Crippen MR) is 111 cm³/mol. The number of carbonyl (C=O) groups is 1. The number of ether oxygens (including phenoxy) is 2. The van der Waals surface area contributed by atoms with E-state index in [0.717, 1.165) is 13.8 Å². The number of hydrogen-bond donors (Lipinski definition) is 0. The molecule has 1 heterocycles. The van der Waals surface area contributed by atoms with E-state index >= 15 is 0 Å². The zero-order valence-electron chi connectivity index (χ0n) is 14.2. The second-order valence-corrected chi connectivity index (χ2v) is 7.42. The highest BCUT2D eigenvalue weighted by Crippen LogP contribution is 2.33. The summed E-state index contributed by atoms with van der Waals surface area (Å²) in [5.41, 5.74) is 1.41. The van der Waals surface area contributed by atoms with E-state index in [1.54, 1.807) is 20.3 Å². The van der Waals surface area contributed by atoms with Crippen LogP contribution in [0.25, 0.3) is 10.2 Å². The number of hydrogen-bond acceptors (Lipinski definition) is 4. The average molecular weight is 478 g/mol. The molecule has 0 aliphatic carbocycles. The van der Waals surface area contributed by atoms with Gasteiger partial charge in [-0.05, 0) is 34.7 Å². The molecule has 0 spiro atoms. The lowest BCUT2D eigenvalue weighted by Crippen LogP contribution is -2.16.